The van der Waals surface area contributed by atoms with E-state index in [4.69, 9.17) is 22.1 Å². The molecule has 3 nitrogen and oxygen atoms in total. The fourth-order valence-electron chi connectivity index (χ4n) is 1.64. The van der Waals surface area contributed by atoms with Crippen LogP contribution >= 0.6 is 11.6 Å². The standard InChI is InChI=1S/C13H20ClNO2/c1-8(2)4-5-11(15)9-6-10(14)13(16)12(7-9)17-3/h6-8,11,16H,4-5,15H2,1-3H3/t11-/m0/s1. The van der Waals surface area contributed by atoms with Gasteiger partial charge in [-0.15, -0.1) is 0 Å². The number of halogens is 1. The van der Waals surface area contributed by atoms with E-state index in [-0.39, 0.29) is 16.8 Å². The van der Waals surface area contributed by atoms with E-state index in [1.165, 1.54) is 7.11 Å². The summed E-state index contributed by atoms with van der Waals surface area (Å²) in [6.45, 7) is 4.33. The van der Waals surface area contributed by atoms with Crippen LogP contribution in [0.1, 0.15) is 38.3 Å². The molecule has 1 atom stereocenters. The molecule has 0 unspecified atom stereocenters. The highest BCUT2D eigenvalue weighted by Gasteiger charge is 2.13. The summed E-state index contributed by atoms with van der Waals surface area (Å²) in [5.74, 6) is 0.956. The van der Waals surface area contributed by atoms with Gasteiger partial charge in [0.05, 0.1) is 12.1 Å². The SMILES string of the molecule is COc1cc([C@@H](N)CCC(C)C)cc(Cl)c1O. The lowest BCUT2D eigenvalue weighted by atomic mass is 9.98. The third-order valence-electron chi connectivity index (χ3n) is 2.75. The number of nitrogens with two attached hydrogens (primary N) is 1. The van der Waals surface area contributed by atoms with Crippen LogP contribution in [-0.2, 0) is 0 Å². The van der Waals surface area contributed by atoms with Gasteiger partial charge in [0, 0.05) is 6.04 Å². The maximum absolute atomic E-state index is 9.62. The lowest BCUT2D eigenvalue weighted by Crippen LogP contribution is -2.11. The highest BCUT2D eigenvalue weighted by atomic mass is 35.5. The van der Waals surface area contributed by atoms with Crippen molar-refractivity contribution in [3.05, 3.63) is 22.7 Å². The molecule has 96 valence electrons. The van der Waals surface area contributed by atoms with E-state index in [2.05, 4.69) is 13.8 Å². The summed E-state index contributed by atoms with van der Waals surface area (Å²) in [7, 11) is 1.49. The molecule has 0 aliphatic carbocycles. The van der Waals surface area contributed by atoms with Gasteiger partial charge in [0.15, 0.2) is 11.5 Å². The van der Waals surface area contributed by atoms with E-state index >= 15 is 0 Å². The third-order valence-corrected chi connectivity index (χ3v) is 3.04. The molecule has 0 heterocycles. The fraction of sp³-hybridized carbons (Fsp3) is 0.538. The Morgan fingerprint density at radius 1 is 1.35 bits per heavy atom. The second-order valence-corrected chi connectivity index (χ2v) is 5.04. The zero-order valence-electron chi connectivity index (χ0n) is 10.5. The molecule has 0 radical (unpaired) electrons. The van der Waals surface area contributed by atoms with Crippen molar-refractivity contribution in [3.8, 4) is 11.5 Å². The number of rotatable bonds is 5. The highest BCUT2D eigenvalue weighted by Crippen LogP contribution is 2.37. The quantitative estimate of drug-likeness (QED) is 0.849. The van der Waals surface area contributed by atoms with Gasteiger partial charge in [-0.1, -0.05) is 25.4 Å². The van der Waals surface area contributed by atoms with Crippen LogP contribution in [0, 0.1) is 5.92 Å². The van der Waals surface area contributed by atoms with Gasteiger partial charge in [0.2, 0.25) is 0 Å². The predicted octanol–water partition coefficient (Wildman–Crippen LogP) is 3.49. The molecule has 0 aliphatic heterocycles. The first-order valence-electron chi connectivity index (χ1n) is 5.77. The molecular weight excluding hydrogens is 238 g/mol. The van der Waals surface area contributed by atoms with E-state index in [1.54, 1.807) is 12.1 Å². The van der Waals surface area contributed by atoms with Gasteiger partial charge in [-0.25, -0.2) is 0 Å². The third kappa shape index (κ3) is 3.79. The first kappa shape index (κ1) is 14.1. The summed E-state index contributed by atoms with van der Waals surface area (Å²) in [6, 6.07) is 3.36. The molecule has 0 spiro atoms. The number of aromatic hydroxyl groups is 1. The van der Waals surface area contributed by atoms with Crippen molar-refractivity contribution in [1.29, 1.82) is 0 Å². The Labute approximate surface area is 108 Å². The minimum atomic E-state index is -0.0793. The van der Waals surface area contributed by atoms with E-state index in [0.29, 0.717) is 11.7 Å². The number of methoxy groups -OCH3 is 1. The minimum Gasteiger partial charge on any atom is -0.503 e. The monoisotopic (exact) mass is 257 g/mol. The molecule has 4 heteroatoms. The van der Waals surface area contributed by atoms with E-state index in [0.717, 1.165) is 18.4 Å². The van der Waals surface area contributed by atoms with E-state index in [1.807, 2.05) is 0 Å². The predicted molar refractivity (Wildman–Crippen MR) is 70.7 cm³/mol. The highest BCUT2D eigenvalue weighted by molar-refractivity contribution is 6.32. The minimum absolute atomic E-state index is 0.0334. The number of hydrogen-bond acceptors (Lipinski definition) is 3. The first-order valence-corrected chi connectivity index (χ1v) is 6.15. The van der Waals surface area contributed by atoms with Crippen LogP contribution in [0.3, 0.4) is 0 Å². The summed E-state index contributed by atoms with van der Waals surface area (Å²) in [5.41, 5.74) is 6.98. The smallest absolute Gasteiger partial charge is 0.176 e. The molecule has 0 aliphatic rings. The molecule has 0 fully saturated rings. The van der Waals surface area contributed by atoms with Crippen molar-refractivity contribution in [1.82, 2.24) is 0 Å². The Hall–Kier alpha value is -0.930. The Balaban J connectivity index is 2.87. The van der Waals surface area contributed by atoms with Gasteiger partial charge in [-0.3, -0.25) is 0 Å². The van der Waals surface area contributed by atoms with Crippen LogP contribution < -0.4 is 10.5 Å². The Morgan fingerprint density at radius 2 is 2.00 bits per heavy atom. The van der Waals surface area contributed by atoms with Crippen molar-refractivity contribution < 1.29 is 9.84 Å². The van der Waals surface area contributed by atoms with E-state index in [9.17, 15) is 5.11 Å². The topological polar surface area (TPSA) is 55.5 Å². The molecule has 0 bridgehead atoms. The van der Waals surface area contributed by atoms with Crippen LogP contribution in [0.5, 0.6) is 11.5 Å². The van der Waals surface area contributed by atoms with Gasteiger partial charge >= 0.3 is 0 Å². The zero-order chi connectivity index (χ0) is 13.0. The Kier molecular flexibility index (Phi) is 5.09. The van der Waals surface area contributed by atoms with Gasteiger partial charge in [-0.05, 0) is 36.5 Å². The largest absolute Gasteiger partial charge is 0.503 e. The summed E-state index contributed by atoms with van der Waals surface area (Å²) < 4.78 is 5.05. The second-order valence-electron chi connectivity index (χ2n) is 4.63. The molecule has 0 saturated heterocycles. The molecule has 0 aromatic heterocycles. The van der Waals surface area contributed by atoms with Gasteiger partial charge in [-0.2, -0.15) is 0 Å². The van der Waals surface area contributed by atoms with Crippen molar-refractivity contribution in [3.63, 3.8) is 0 Å². The summed E-state index contributed by atoms with van der Waals surface area (Å²) in [6.07, 6.45) is 1.95. The maximum atomic E-state index is 9.62. The van der Waals surface area contributed by atoms with Gasteiger partial charge < -0.3 is 15.6 Å². The van der Waals surface area contributed by atoms with Crippen LogP contribution in [0.2, 0.25) is 5.02 Å². The second kappa shape index (κ2) is 6.12. The Morgan fingerprint density at radius 3 is 2.53 bits per heavy atom. The maximum Gasteiger partial charge on any atom is 0.176 e. The summed E-state index contributed by atoms with van der Waals surface area (Å²) in [4.78, 5) is 0. The lowest BCUT2D eigenvalue weighted by molar-refractivity contribution is 0.372. The number of phenolic OH excluding ortho intramolecular Hbond substituents is 1. The molecular formula is C13H20ClNO2. The fourth-order valence-corrected chi connectivity index (χ4v) is 1.86. The van der Waals surface area contributed by atoms with Crippen LogP contribution in [-0.4, -0.2) is 12.2 Å². The number of hydrogen-bond donors (Lipinski definition) is 2. The van der Waals surface area contributed by atoms with Gasteiger partial charge in [0.1, 0.15) is 0 Å². The Bertz CT molecular complexity index is 380. The molecule has 0 saturated carbocycles. The van der Waals surface area contributed by atoms with Crippen LogP contribution in [0.4, 0.5) is 0 Å². The number of ether oxygens (including phenoxy) is 1. The summed E-state index contributed by atoms with van der Waals surface area (Å²) in [5, 5.41) is 9.90. The van der Waals surface area contributed by atoms with E-state index < -0.39 is 0 Å². The van der Waals surface area contributed by atoms with Crippen molar-refractivity contribution in [2.24, 2.45) is 11.7 Å². The van der Waals surface area contributed by atoms with Crippen molar-refractivity contribution in [2.75, 3.05) is 7.11 Å². The average Bonchev–Trinajstić information content (AvgIpc) is 2.29. The average molecular weight is 258 g/mol. The van der Waals surface area contributed by atoms with Crippen molar-refractivity contribution >= 4 is 11.6 Å². The molecule has 3 N–H and O–H groups in total. The van der Waals surface area contributed by atoms with Crippen LogP contribution in [0.15, 0.2) is 12.1 Å². The number of phenols is 1. The molecule has 17 heavy (non-hydrogen) atoms. The van der Waals surface area contributed by atoms with Gasteiger partial charge in [0.25, 0.3) is 0 Å². The first-order chi connectivity index (χ1) is 7.95. The molecule has 1 aromatic rings. The summed E-state index contributed by atoms with van der Waals surface area (Å²) >= 11 is 5.92. The van der Waals surface area contributed by atoms with Crippen molar-refractivity contribution in [2.45, 2.75) is 32.7 Å². The normalized spacial score (nSPS) is 12.8. The number of benzene rings is 1. The molecule has 0 amide bonds. The molecule has 1 rings (SSSR count). The lowest BCUT2D eigenvalue weighted by Gasteiger charge is -2.15. The zero-order valence-corrected chi connectivity index (χ0v) is 11.3. The molecule has 1 aromatic carbocycles. The van der Waals surface area contributed by atoms with Crippen LogP contribution in [0.25, 0.3) is 0 Å².